The zero-order valence-electron chi connectivity index (χ0n) is 9.22. The van der Waals surface area contributed by atoms with Crippen LogP contribution in [0.4, 0.5) is 0 Å². The van der Waals surface area contributed by atoms with Gasteiger partial charge in [0.25, 0.3) is 0 Å². The van der Waals surface area contributed by atoms with E-state index in [0.717, 1.165) is 16.7 Å². The number of para-hydroxylation sites is 1. The largest absolute Gasteiger partial charge is 0.460 e. The highest BCUT2D eigenvalue weighted by molar-refractivity contribution is 7.89. The van der Waals surface area contributed by atoms with E-state index in [0.29, 0.717) is 13.1 Å². The Kier molecular flexibility index (Phi) is 3.46. The van der Waals surface area contributed by atoms with Crippen molar-refractivity contribution in [3.63, 3.8) is 0 Å². The summed E-state index contributed by atoms with van der Waals surface area (Å²) in [5, 5.41) is 8.89. The van der Waals surface area contributed by atoms with E-state index in [1.807, 2.05) is 30.3 Å². The summed E-state index contributed by atoms with van der Waals surface area (Å²) >= 11 is 0. The van der Waals surface area contributed by atoms with E-state index in [-0.39, 0.29) is 5.75 Å². The van der Waals surface area contributed by atoms with Gasteiger partial charge in [0.15, 0.2) is 0 Å². The van der Waals surface area contributed by atoms with E-state index in [9.17, 15) is 8.42 Å². The first-order chi connectivity index (χ1) is 8.04. The molecule has 0 amide bonds. The molecule has 2 aromatic rings. The van der Waals surface area contributed by atoms with Gasteiger partial charge in [0.1, 0.15) is 11.3 Å². The Labute approximate surface area is 99.7 Å². The molecule has 0 unspecified atom stereocenters. The van der Waals surface area contributed by atoms with Gasteiger partial charge in [0.2, 0.25) is 10.0 Å². The number of hydrogen-bond acceptors (Lipinski definition) is 4. The zero-order valence-corrected chi connectivity index (χ0v) is 10.0. The highest BCUT2D eigenvalue weighted by Crippen LogP contribution is 2.18. The van der Waals surface area contributed by atoms with Gasteiger partial charge >= 0.3 is 0 Å². The third kappa shape index (κ3) is 3.55. The molecule has 5 nitrogen and oxygen atoms in total. The minimum atomic E-state index is -3.40. The lowest BCUT2D eigenvalue weighted by molar-refractivity contribution is 0.518. The number of hydrogen-bond donors (Lipinski definition) is 2. The fourth-order valence-corrected chi connectivity index (χ4v) is 1.98. The molecule has 1 aromatic heterocycles. The SMILES string of the molecule is NS(=O)(=O)CCNCc1cc2ccccc2o1. The van der Waals surface area contributed by atoms with E-state index in [1.165, 1.54) is 0 Å². The molecule has 0 saturated carbocycles. The third-order valence-corrected chi connectivity index (χ3v) is 3.11. The molecular weight excluding hydrogens is 240 g/mol. The molecule has 0 aliphatic heterocycles. The van der Waals surface area contributed by atoms with Crippen LogP contribution < -0.4 is 10.5 Å². The molecular formula is C11H14N2O3S. The summed E-state index contributed by atoms with van der Waals surface area (Å²) in [5.41, 5.74) is 0.829. The Morgan fingerprint density at radius 1 is 1.29 bits per heavy atom. The topological polar surface area (TPSA) is 85.3 Å². The Hall–Kier alpha value is -1.37. The molecule has 1 heterocycles. The van der Waals surface area contributed by atoms with Gasteiger partial charge in [-0.15, -0.1) is 0 Å². The van der Waals surface area contributed by atoms with Crippen LogP contribution in [0.3, 0.4) is 0 Å². The number of fused-ring (bicyclic) bond motifs is 1. The summed E-state index contributed by atoms with van der Waals surface area (Å²) in [6, 6.07) is 9.63. The van der Waals surface area contributed by atoms with Gasteiger partial charge in [-0.1, -0.05) is 18.2 Å². The van der Waals surface area contributed by atoms with Crippen molar-refractivity contribution in [3.05, 3.63) is 36.1 Å². The predicted molar refractivity (Wildman–Crippen MR) is 65.9 cm³/mol. The minimum Gasteiger partial charge on any atom is -0.460 e. The van der Waals surface area contributed by atoms with Crippen molar-refractivity contribution in [2.45, 2.75) is 6.54 Å². The molecule has 92 valence electrons. The van der Waals surface area contributed by atoms with Crippen LogP contribution in [0, 0.1) is 0 Å². The fourth-order valence-electron chi connectivity index (χ4n) is 1.55. The molecule has 0 atom stereocenters. The van der Waals surface area contributed by atoms with E-state index in [4.69, 9.17) is 9.56 Å². The summed E-state index contributed by atoms with van der Waals surface area (Å²) < 4.78 is 27.0. The van der Waals surface area contributed by atoms with Crippen molar-refractivity contribution in [1.29, 1.82) is 0 Å². The Bertz CT molecular complexity index is 571. The smallest absolute Gasteiger partial charge is 0.210 e. The van der Waals surface area contributed by atoms with E-state index >= 15 is 0 Å². The fraction of sp³-hybridized carbons (Fsp3) is 0.273. The molecule has 0 saturated heterocycles. The van der Waals surface area contributed by atoms with Crippen LogP contribution in [0.1, 0.15) is 5.76 Å². The average Bonchev–Trinajstić information content (AvgIpc) is 2.65. The van der Waals surface area contributed by atoms with Gasteiger partial charge in [0, 0.05) is 11.9 Å². The predicted octanol–water partition coefficient (Wildman–Crippen LogP) is 0.811. The highest BCUT2D eigenvalue weighted by atomic mass is 32.2. The second-order valence-electron chi connectivity index (χ2n) is 3.79. The number of nitrogens with one attached hydrogen (secondary N) is 1. The lowest BCUT2D eigenvalue weighted by atomic mass is 10.2. The summed E-state index contributed by atoms with van der Waals surface area (Å²) in [6.07, 6.45) is 0. The maximum absolute atomic E-state index is 10.7. The second kappa shape index (κ2) is 4.87. The van der Waals surface area contributed by atoms with E-state index in [2.05, 4.69) is 5.32 Å². The van der Waals surface area contributed by atoms with Gasteiger partial charge < -0.3 is 9.73 Å². The van der Waals surface area contributed by atoms with Crippen LogP contribution in [0.5, 0.6) is 0 Å². The monoisotopic (exact) mass is 254 g/mol. The molecule has 3 N–H and O–H groups in total. The van der Waals surface area contributed by atoms with Crippen molar-refractivity contribution in [3.8, 4) is 0 Å². The van der Waals surface area contributed by atoms with Crippen LogP contribution >= 0.6 is 0 Å². The van der Waals surface area contributed by atoms with Crippen LogP contribution in [0.25, 0.3) is 11.0 Å². The van der Waals surface area contributed by atoms with Crippen LogP contribution in [-0.4, -0.2) is 20.7 Å². The van der Waals surface area contributed by atoms with Gasteiger partial charge in [-0.2, -0.15) is 0 Å². The maximum Gasteiger partial charge on any atom is 0.210 e. The summed E-state index contributed by atoms with van der Waals surface area (Å²) in [6.45, 7) is 0.806. The van der Waals surface area contributed by atoms with Gasteiger partial charge in [-0.3, -0.25) is 0 Å². The molecule has 0 aliphatic rings. The summed E-state index contributed by atoms with van der Waals surface area (Å²) in [5.74, 6) is 0.702. The summed E-state index contributed by atoms with van der Waals surface area (Å²) in [4.78, 5) is 0. The number of rotatable bonds is 5. The molecule has 0 spiro atoms. The third-order valence-electron chi connectivity index (χ3n) is 2.34. The van der Waals surface area contributed by atoms with Crippen LogP contribution in [0.2, 0.25) is 0 Å². The Morgan fingerprint density at radius 2 is 2.06 bits per heavy atom. The van der Waals surface area contributed by atoms with Crippen molar-refractivity contribution >= 4 is 21.0 Å². The zero-order chi connectivity index (χ0) is 12.3. The number of furan rings is 1. The Balaban J connectivity index is 1.91. The van der Waals surface area contributed by atoms with Gasteiger partial charge in [-0.25, -0.2) is 13.6 Å². The second-order valence-corrected chi connectivity index (χ2v) is 5.53. The molecule has 0 radical (unpaired) electrons. The highest BCUT2D eigenvalue weighted by Gasteiger charge is 2.04. The van der Waals surface area contributed by atoms with Gasteiger partial charge in [0.05, 0.1) is 12.3 Å². The number of benzene rings is 1. The first-order valence-corrected chi connectivity index (χ1v) is 6.95. The molecule has 1 aromatic carbocycles. The first-order valence-electron chi connectivity index (χ1n) is 5.23. The first kappa shape index (κ1) is 12.1. The lowest BCUT2D eigenvalue weighted by Gasteiger charge is -2.00. The molecule has 0 bridgehead atoms. The number of nitrogens with two attached hydrogens (primary N) is 1. The average molecular weight is 254 g/mol. The molecule has 17 heavy (non-hydrogen) atoms. The van der Waals surface area contributed by atoms with E-state index < -0.39 is 10.0 Å². The molecule has 0 fully saturated rings. The normalized spacial score (nSPS) is 12.1. The van der Waals surface area contributed by atoms with Crippen LogP contribution in [0.15, 0.2) is 34.7 Å². The van der Waals surface area contributed by atoms with Crippen molar-refractivity contribution in [1.82, 2.24) is 5.32 Å². The quantitative estimate of drug-likeness (QED) is 0.773. The Morgan fingerprint density at radius 3 is 2.76 bits per heavy atom. The van der Waals surface area contributed by atoms with Crippen molar-refractivity contribution in [2.24, 2.45) is 5.14 Å². The number of sulfonamides is 1. The van der Waals surface area contributed by atoms with Crippen LogP contribution in [-0.2, 0) is 16.6 Å². The van der Waals surface area contributed by atoms with Gasteiger partial charge in [-0.05, 0) is 12.1 Å². The minimum absolute atomic E-state index is 0.0762. The standard InChI is InChI=1S/C11H14N2O3S/c12-17(14,15)6-5-13-8-10-7-9-3-1-2-4-11(9)16-10/h1-4,7,13H,5-6,8H2,(H2,12,14,15). The van der Waals surface area contributed by atoms with Crippen molar-refractivity contribution < 1.29 is 12.8 Å². The van der Waals surface area contributed by atoms with E-state index in [1.54, 1.807) is 0 Å². The maximum atomic E-state index is 10.7. The van der Waals surface area contributed by atoms with Crippen molar-refractivity contribution in [2.75, 3.05) is 12.3 Å². The molecule has 2 rings (SSSR count). The number of primary sulfonamides is 1. The summed E-state index contributed by atoms with van der Waals surface area (Å²) in [7, 11) is -3.40. The molecule has 0 aliphatic carbocycles. The lowest BCUT2D eigenvalue weighted by Crippen LogP contribution is -2.26. The molecule has 6 heteroatoms.